The lowest BCUT2D eigenvalue weighted by molar-refractivity contribution is -0.127. The molecular weight excluding hydrogens is 262 g/mol. The highest BCUT2D eigenvalue weighted by molar-refractivity contribution is 5.79. The summed E-state index contributed by atoms with van der Waals surface area (Å²) in [6, 6.07) is 7.74. The molecule has 1 fully saturated rings. The molecule has 1 saturated carbocycles. The van der Waals surface area contributed by atoms with Gasteiger partial charge in [0.05, 0.1) is 0 Å². The standard InChI is InChI=1S/C18H23NO2/c1-18(2)10-4-9-16(18)17(21)19-13-15-7-3-6-14(12-15)8-5-11-20/h3,6-7,12,16,20H,4,9-11,13H2,1-2H3,(H,19,21). The molecule has 1 atom stereocenters. The second kappa shape index (κ2) is 6.78. The third-order valence-electron chi connectivity index (χ3n) is 4.28. The molecule has 0 heterocycles. The second-order valence-corrected chi connectivity index (χ2v) is 6.31. The lowest BCUT2D eigenvalue weighted by Crippen LogP contribution is -2.35. The quantitative estimate of drug-likeness (QED) is 0.838. The van der Waals surface area contributed by atoms with Crippen molar-refractivity contribution in [3.8, 4) is 11.8 Å². The van der Waals surface area contributed by atoms with E-state index in [1.807, 2.05) is 24.3 Å². The predicted molar refractivity (Wildman–Crippen MR) is 83.4 cm³/mol. The van der Waals surface area contributed by atoms with Gasteiger partial charge in [-0.15, -0.1) is 0 Å². The van der Waals surface area contributed by atoms with E-state index in [2.05, 4.69) is 31.0 Å². The number of nitrogens with one attached hydrogen (secondary N) is 1. The molecule has 0 radical (unpaired) electrons. The third kappa shape index (κ3) is 4.09. The number of rotatable bonds is 3. The van der Waals surface area contributed by atoms with Gasteiger partial charge in [0.15, 0.2) is 0 Å². The first-order chi connectivity index (χ1) is 10.0. The lowest BCUT2D eigenvalue weighted by atomic mass is 9.81. The van der Waals surface area contributed by atoms with Crippen LogP contribution in [-0.4, -0.2) is 17.6 Å². The van der Waals surface area contributed by atoms with Crippen molar-refractivity contribution in [1.82, 2.24) is 5.32 Å². The highest BCUT2D eigenvalue weighted by atomic mass is 16.2. The second-order valence-electron chi connectivity index (χ2n) is 6.31. The van der Waals surface area contributed by atoms with Crippen molar-refractivity contribution in [3.63, 3.8) is 0 Å². The monoisotopic (exact) mass is 285 g/mol. The minimum atomic E-state index is -0.141. The predicted octanol–water partition coefficient (Wildman–Crippen LogP) is 2.47. The van der Waals surface area contributed by atoms with Gasteiger partial charge < -0.3 is 10.4 Å². The fraction of sp³-hybridized carbons (Fsp3) is 0.500. The van der Waals surface area contributed by atoms with Crippen LogP contribution in [0, 0.1) is 23.2 Å². The molecule has 0 spiro atoms. The van der Waals surface area contributed by atoms with Crippen molar-refractivity contribution in [2.45, 2.75) is 39.7 Å². The fourth-order valence-electron chi connectivity index (χ4n) is 3.03. The summed E-state index contributed by atoms with van der Waals surface area (Å²) in [5, 5.41) is 11.8. The van der Waals surface area contributed by atoms with Gasteiger partial charge in [-0.1, -0.05) is 44.2 Å². The van der Waals surface area contributed by atoms with Crippen LogP contribution in [0.3, 0.4) is 0 Å². The van der Waals surface area contributed by atoms with Crippen LogP contribution in [0.1, 0.15) is 44.2 Å². The molecule has 1 amide bonds. The van der Waals surface area contributed by atoms with E-state index in [1.54, 1.807) is 0 Å². The van der Waals surface area contributed by atoms with E-state index in [9.17, 15) is 4.79 Å². The largest absolute Gasteiger partial charge is 0.384 e. The van der Waals surface area contributed by atoms with Gasteiger partial charge in [-0.25, -0.2) is 0 Å². The van der Waals surface area contributed by atoms with E-state index in [1.165, 1.54) is 0 Å². The number of carbonyl (C=O) groups excluding carboxylic acids is 1. The maximum atomic E-state index is 12.3. The van der Waals surface area contributed by atoms with E-state index >= 15 is 0 Å². The Morgan fingerprint density at radius 2 is 2.29 bits per heavy atom. The molecule has 0 aliphatic heterocycles. The fourth-order valence-corrected chi connectivity index (χ4v) is 3.03. The Kier molecular flexibility index (Phi) is 5.03. The van der Waals surface area contributed by atoms with Gasteiger partial charge in [0, 0.05) is 18.0 Å². The number of aliphatic hydroxyl groups excluding tert-OH is 1. The zero-order valence-corrected chi connectivity index (χ0v) is 12.8. The van der Waals surface area contributed by atoms with Crippen molar-refractivity contribution in [1.29, 1.82) is 0 Å². The number of amides is 1. The van der Waals surface area contributed by atoms with Crippen molar-refractivity contribution >= 4 is 5.91 Å². The minimum Gasteiger partial charge on any atom is -0.384 e. The van der Waals surface area contributed by atoms with Crippen molar-refractivity contribution in [3.05, 3.63) is 35.4 Å². The molecule has 1 aromatic rings. The van der Waals surface area contributed by atoms with Gasteiger partial charge in [-0.3, -0.25) is 4.79 Å². The van der Waals surface area contributed by atoms with Crippen molar-refractivity contribution in [2.24, 2.45) is 11.3 Å². The molecule has 1 aromatic carbocycles. The average molecular weight is 285 g/mol. The third-order valence-corrected chi connectivity index (χ3v) is 4.28. The highest BCUT2D eigenvalue weighted by Crippen LogP contribution is 2.42. The van der Waals surface area contributed by atoms with Crippen LogP contribution < -0.4 is 5.32 Å². The van der Waals surface area contributed by atoms with Gasteiger partial charge in [0.2, 0.25) is 5.91 Å². The maximum absolute atomic E-state index is 12.3. The van der Waals surface area contributed by atoms with Gasteiger partial charge >= 0.3 is 0 Å². The van der Waals surface area contributed by atoms with Crippen molar-refractivity contribution in [2.75, 3.05) is 6.61 Å². The molecular formula is C18H23NO2. The number of benzene rings is 1. The molecule has 1 aliphatic carbocycles. The molecule has 2 N–H and O–H groups in total. The molecule has 3 nitrogen and oxygen atoms in total. The summed E-state index contributed by atoms with van der Waals surface area (Å²) in [6.07, 6.45) is 3.25. The minimum absolute atomic E-state index is 0.110. The number of hydrogen-bond acceptors (Lipinski definition) is 2. The Morgan fingerprint density at radius 3 is 2.95 bits per heavy atom. The zero-order valence-electron chi connectivity index (χ0n) is 12.8. The first-order valence-electron chi connectivity index (χ1n) is 7.49. The van der Waals surface area contributed by atoms with Crippen LogP contribution in [0.25, 0.3) is 0 Å². The summed E-state index contributed by atoms with van der Waals surface area (Å²) in [6.45, 7) is 4.74. The van der Waals surface area contributed by atoms with Crippen LogP contribution >= 0.6 is 0 Å². The van der Waals surface area contributed by atoms with Gasteiger partial charge in [0.1, 0.15) is 6.61 Å². The molecule has 0 aromatic heterocycles. The molecule has 21 heavy (non-hydrogen) atoms. The molecule has 112 valence electrons. The Balaban J connectivity index is 1.95. The Labute approximate surface area is 126 Å². The van der Waals surface area contributed by atoms with Crippen LogP contribution in [-0.2, 0) is 11.3 Å². The van der Waals surface area contributed by atoms with Crippen LogP contribution in [0.15, 0.2) is 24.3 Å². The number of carbonyl (C=O) groups is 1. The van der Waals surface area contributed by atoms with Gasteiger partial charge in [-0.05, 0) is 36.0 Å². The zero-order chi connectivity index (χ0) is 15.3. The van der Waals surface area contributed by atoms with Crippen LogP contribution in [0.5, 0.6) is 0 Å². The SMILES string of the molecule is CC1(C)CCCC1C(=O)NCc1cccc(C#CCO)c1. The molecule has 2 rings (SSSR count). The summed E-state index contributed by atoms with van der Waals surface area (Å²) in [7, 11) is 0. The van der Waals surface area contributed by atoms with Gasteiger partial charge in [-0.2, -0.15) is 0 Å². The molecule has 1 aliphatic rings. The van der Waals surface area contributed by atoms with E-state index < -0.39 is 0 Å². The Hall–Kier alpha value is -1.79. The highest BCUT2D eigenvalue weighted by Gasteiger charge is 2.38. The van der Waals surface area contributed by atoms with E-state index in [0.29, 0.717) is 6.54 Å². The first kappa shape index (κ1) is 15.6. The summed E-state index contributed by atoms with van der Waals surface area (Å²) >= 11 is 0. The van der Waals surface area contributed by atoms with Gasteiger partial charge in [0.25, 0.3) is 0 Å². The number of aliphatic hydroxyl groups is 1. The first-order valence-corrected chi connectivity index (χ1v) is 7.49. The lowest BCUT2D eigenvalue weighted by Gasteiger charge is -2.25. The number of hydrogen-bond donors (Lipinski definition) is 2. The van der Waals surface area contributed by atoms with Crippen molar-refractivity contribution < 1.29 is 9.90 Å². The Morgan fingerprint density at radius 1 is 1.48 bits per heavy atom. The topological polar surface area (TPSA) is 49.3 Å². The average Bonchev–Trinajstić information content (AvgIpc) is 2.82. The molecule has 0 bridgehead atoms. The summed E-state index contributed by atoms with van der Waals surface area (Å²) in [5.74, 6) is 5.79. The Bertz CT molecular complexity index is 566. The molecule has 0 saturated heterocycles. The summed E-state index contributed by atoms with van der Waals surface area (Å²) < 4.78 is 0. The summed E-state index contributed by atoms with van der Waals surface area (Å²) in [5.41, 5.74) is 2.00. The van der Waals surface area contributed by atoms with E-state index in [-0.39, 0.29) is 23.8 Å². The molecule has 1 unspecified atom stereocenters. The normalized spacial score (nSPS) is 19.7. The van der Waals surface area contributed by atoms with E-state index in [0.717, 1.165) is 30.4 Å². The smallest absolute Gasteiger partial charge is 0.223 e. The van der Waals surface area contributed by atoms with Crippen LogP contribution in [0.4, 0.5) is 0 Å². The maximum Gasteiger partial charge on any atom is 0.223 e. The molecule has 3 heteroatoms. The summed E-state index contributed by atoms with van der Waals surface area (Å²) in [4.78, 5) is 12.3. The van der Waals surface area contributed by atoms with E-state index in [4.69, 9.17) is 5.11 Å². The van der Waals surface area contributed by atoms with Crippen LogP contribution in [0.2, 0.25) is 0 Å².